The van der Waals surface area contributed by atoms with Gasteiger partial charge in [0.1, 0.15) is 0 Å². The Balaban J connectivity index is 1.82. The minimum atomic E-state index is -0.254. The third-order valence-corrected chi connectivity index (χ3v) is 6.20. The average Bonchev–Trinajstić information content (AvgIpc) is 2.74. The molecule has 144 valence electrons. The van der Waals surface area contributed by atoms with E-state index in [2.05, 4.69) is 92.0 Å². The molecule has 2 nitrogen and oxygen atoms in total. The van der Waals surface area contributed by atoms with Gasteiger partial charge in [-0.05, 0) is 75.8 Å². The van der Waals surface area contributed by atoms with Gasteiger partial charge in [-0.2, -0.15) is 0 Å². The summed E-state index contributed by atoms with van der Waals surface area (Å²) in [7, 11) is 0. The Hall–Kier alpha value is -3.10. The normalized spacial score (nSPS) is 13.9. The van der Waals surface area contributed by atoms with Crippen LogP contribution in [-0.4, -0.2) is 5.54 Å². The third kappa shape index (κ3) is 3.10. The Labute approximate surface area is 171 Å². The molecule has 0 aliphatic rings. The molecule has 0 fully saturated rings. The molecule has 1 atom stereocenters. The van der Waals surface area contributed by atoms with Crippen LogP contribution in [0.1, 0.15) is 25.8 Å². The van der Waals surface area contributed by atoms with Crippen molar-refractivity contribution in [2.75, 3.05) is 5.32 Å². The second kappa shape index (κ2) is 6.75. The standard InChI is InChI=1S/C27H26N2/c1-3-27(2,28)17-23-22-15-14-19-9-7-8-18-12-13-20(26(22)25(18)19)16-24(23)29-21-10-5-4-6-11-21/h4-16,29H,3,17,28H2,1-2H3/t27-/m1/s1. The molecule has 0 aromatic heterocycles. The van der Waals surface area contributed by atoms with Crippen LogP contribution >= 0.6 is 0 Å². The summed E-state index contributed by atoms with van der Waals surface area (Å²) in [6.07, 6.45) is 1.76. The van der Waals surface area contributed by atoms with Crippen LogP contribution in [0.5, 0.6) is 0 Å². The second-order valence-corrected chi connectivity index (χ2v) is 8.43. The van der Waals surface area contributed by atoms with E-state index in [0.717, 1.165) is 24.2 Å². The van der Waals surface area contributed by atoms with Crippen LogP contribution in [0.15, 0.2) is 78.9 Å². The van der Waals surface area contributed by atoms with Crippen molar-refractivity contribution in [3.63, 3.8) is 0 Å². The predicted molar refractivity (Wildman–Crippen MR) is 126 cm³/mol. The zero-order valence-electron chi connectivity index (χ0n) is 17.0. The van der Waals surface area contributed by atoms with Crippen molar-refractivity contribution in [3.05, 3.63) is 84.4 Å². The number of benzene rings is 5. The molecule has 5 aromatic carbocycles. The van der Waals surface area contributed by atoms with Gasteiger partial charge in [-0.15, -0.1) is 0 Å². The molecule has 0 saturated heterocycles. The van der Waals surface area contributed by atoms with Crippen molar-refractivity contribution in [1.82, 2.24) is 0 Å². The fourth-order valence-corrected chi connectivity index (χ4v) is 4.38. The highest BCUT2D eigenvalue weighted by atomic mass is 14.9. The van der Waals surface area contributed by atoms with Gasteiger partial charge in [-0.25, -0.2) is 0 Å². The van der Waals surface area contributed by atoms with Crippen molar-refractivity contribution in [2.24, 2.45) is 5.73 Å². The van der Waals surface area contributed by atoms with E-state index >= 15 is 0 Å². The van der Waals surface area contributed by atoms with Crippen LogP contribution in [0.3, 0.4) is 0 Å². The fourth-order valence-electron chi connectivity index (χ4n) is 4.38. The monoisotopic (exact) mass is 378 g/mol. The van der Waals surface area contributed by atoms with Gasteiger partial charge in [0.05, 0.1) is 0 Å². The molecule has 3 N–H and O–H groups in total. The molecule has 0 aliphatic heterocycles. The minimum Gasteiger partial charge on any atom is -0.355 e. The highest BCUT2D eigenvalue weighted by Crippen LogP contribution is 2.40. The van der Waals surface area contributed by atoms with Gasteiger partial charge < -0.3 is 11.1 Å². The first-order valence-corrected chi connectivity index (χ1v) is 10.4. The number of hydrogen-bond acceptors (Lipinski definition) is 2. The molecule has 0 radical (unpaired) electrons. The summed E-state index contributed by atoms with van der Waals surface area (Å²) in [6.45, 7) is 4.32. The van der Waals surface area contributed by atoms with Gasteiger partial charge in [0.2, 0.25) is 0 Å². The van der Waals surface area contributed by atoms with E-state index in [4.69, 9.17) is 5.73 Å². The zero-order chi connectivity index (χ0) is 20.0. The van der Waals surface area contributed by atoms with E-state index < -0.39 is 0 Å². The summed E-state index contributed by atoms with van der Waals surface area (Å²) in [4.78, 5) is 0. The Kier molecular flexibility index (Phi) is 4.18. The maximum absolute atomic E-state index is 6.65. The maximum Gasteiger partial charge on any atom is 0.0429 e. The molecule has 0 heterocycles. The SMILES string of the molecule is CC[C@@](C)(N)Cc1c(Nc2ccccc2)cc2ccc3cccc4ccc1c2c34. The first-order chi connectivity index (χ1) is 14.1. The van der Waals surface area contributed by atoms with E-state index in [1.165, 1.54) is 37.9 Å². The smallest absolute Gasteiger partial charge is 0.0429 e. The molecule has 29 heavy (non-hydrogen) atoms. The summed E-state index contributed by atoms with van der Waals surface area (Å²) in [5, 5.41) is 11.5. The molecule has 2 heteroatoms. The molecule has 5 rings (SSSR count). The molecule has 0 unspecified atom stereocenters. The van der Waals surface area contributed by atoms with Crippen LogP contribution in [0.25, 0.3) is 32.3 Å². The lowest BCUT2D eigenvalue weighted by Crippen LogP contribution is -2.37. The van der Waals surface area contributed by atoms with Gasteiger partial charge in [0.25, 0.3) is 0 Å². The maximum atomic E-state index is 6.65. The van der Waals surface area contributed by atoms with Crippen molar-refractivity contribution in [1.29, 1.82) is 0 Å². The number of nitrogens with one attached hydrogen (secondary N) is 1. The number of rotatable bonds is 5. The molecular weight excluding hydrogens is 352 g/mol. The lowest BCUT2D eigenvalue weighted by atomic mass is 9.85. The molecule has 0 bridgehead atoms. The third-order valence-electron chi connectivity index (χ3n) is 6.20. The van der Waals surface area contributed by atoms with Crippen LogP contribution in [0.4, 0.5) is 11.4 Å². The molecule has 0 aliphatic carbocycles. The molecule has 5 aromatic rings. The lowest BCUT2D eigenvalue weighted by Gasteiger charge is -2.27. The fraction of sp³-hybridized carbons (Fsp3) is 0.185. The number of hydrogen-bond donors (Lipinski definition) is 2. The molecular formula is C27H26N2. The van der Waals surface area contributed by atoms with Crippen molar-refractivity contribution in [3.8, 4) is 0 Å². The van der Waals surface area contributed by atoms with Crippen LogP contribution in [0.2, 0.25) is 0 Å². The quantitative estimate of drug-likeness (QED) is 0.323. The Morgan fingerprint density at radius 2 is 1.48 bits per heavy atom. The Morgan fingerprint density at radius 1 is 0.793 bits per heavy atom. The van der Waals surface area contributed by atoms with Gasteiger partial charge in [-0.3, -0.25) is 0 Å². The number of nitrogens with two attached hydrogens (primary N) is 1. The average molecular weight is 379 g/mol. The van der Waals surface area contributed by atoms with E-state index in [0.29, 0.717) is 0 Å². The Morgan fingerprint density at radius 3 is 2.21 bits per heavy atom. The van der Waals surface area contributed by atoms with Crippen LogP contribution in [0, 0.1) is 0 Å². The van der Waals surface area contributed by atoms with Crippen molar-refractivity contribution >= 4 is 43.7 Å². The molecule has 0 saturated carbocycles. The topological polar surface area (TPSA) is 38.0 Å². The summed E-state index contributed by atoms with van der Waals surface area (Å²) < 4.78 is 0. The Bertz CT molecular complexity index is 1290. The van der Waals surface area contributed by atoms with E-state index in [1.807, 2.05) is 6.07 Å². The predicted octanol–water partition coefficient (Wildman–Crippen LogP) is 7.00. The summed E-state index contributed by atoms with van der Waals surface area (Å²) >= 11 is 0. The van der Waals surface area contributed by atoms with Crippen molar-refractivity contribution < 1.29 is 0 Å². The first-order valence-electron chi connectivity index (χ1n) is 10.4. The zero-order valence-corrected chi connectivity index (χ0v) is 17.0. The largest absolute Gasteiger partial charge is 0.355 e. The molecule has 0 amide bonds. The van der Waals surface area contributed by atoms with Gasteiger partial charge >= 0.3 is 0 Å². The summed E-state index contributed by atoms with van der Waals surface area (Å²) in [5.74, 6) is 0. The van der Waals surface area contributed by atoms with Gasteiger partial charge in [0.15, 0.2) is 0 Å². The summed E-state index contributed by atoms with van der Waals surface area (Å²) in [5.41, 5.74) is 9.94. The number of para-hydroxylation sites is 1. The second-order valence-electron chi connectivity index (χ2n) is 8.43. The minimum absolute atomic E-state index is 0.254. The summed E-state index contributed by atoms with van der Waals surface area (Å²) in [6, 6.07) is 28.2. The van der Waals surface area contributed by atoms with Crippen LogP contribution < -0.4 is 11.1 Å². The highest BCUT2D eigenvalue weighted by molar-refractivity contribution is 6.24. The first kappa shape index (κ1) is 18.0. The van der Waals surface area contributed by atoms with E-state index in [9.17, 15) is 0 Å². The van der Waals surface area contributed by atoms with E-state index in [-0.39, 0.29) is 5.54 Å². The number of anilines is 2. The lowest BCUT2D eigenvalue weighted by molar-refractivity contribution is 0.452. The van der Waals surface area contributed by atoms with Gasteiger partial charge in [0, 0.05) is 16.9 Å². The molecule has 0 spiro atoms. The van der Waals surface area contributed by atoms with Gasteiger partial charge in [-0.1, -0.05) is 67.6 Å². The van der Waals surface area contributed by atoms with E-state index in [1.54, 1.807) is 0 Å². The highest BCUT2D eigenvalue weighted by Gasteiger charge is 2.22. The van der Waals surface area contributed by atoms with Crippen molar-refractivity contribution in [2.45, 2.75) is 32.2 Å². The van der Waals surface area contributed by atoms with Crippen LogP contribution in [-0.2, 0) is 6.42 Å².